The van der Waals surface area contributed by atoms with E-state index in [1.165, 1.54) is 0 Å². The van der Waals surface area contributed by atoms with Gasteiger partial charge in [0.15, 0.2) is 0 Å². The van der Waals surface area contributed by atoms with E-state index >= 15 is 0 Å². The van der Waals surface area contributed by atoms with Crippen LogP contribution in [0.25, 0.3) is 11.5 Å². The number of nitrogens with zero attached hydrogens (tertiary/aromatic N) is 2. The Bertz CT molecular complexity index is 986. The molecule has 5 heteroatoms. The van der Waals surface area contributed by atoms with Gasteiger partial charge in [0.1, 0.15) is 6.04 Å². The van der Waals surface area contributed by atoms with Gasteiger partial charge in [-0.1, -0.05) is 66.2 Å². The topological polar surface area (TPSA) is 51.0 Å². The number of benzene rings is 3. The third-order valence-electron chi connectivity index (χ3n) is 3.98. The molecule has 0 fully saturated rings. The van der Waals surface area contributed by atoms with Crippen molar-refractivity contribution in [1.82, 2.24) is 10.2 Å². The minimum atomic E-state index is -0.278. The van der Waals surface area contributed by atoms with Crippen LogP contribution < -0.4 is 5.32 Å². The van der Waals surface area contributed by atoms with E-state index in [0.29, 0.717) is 16.8 Å². The maximum absolute atomic E-state index is 6.11. The van der Waals surface area contributed by atoms with Gasteiger partial charge < -0.3 is 9.73 Å². The summed E-state index contributed by atoms with van der Waals surface area (Å²) in [6.07, 6.45) is 0. The Morgan fingerprint density at radius 3 is 2.27 bits per heavy atom. The van der Waals surface area contributed by atoms with Crippen molar-refractivity contribution in [2.75, 3.05) is 5.32 Å². The van der Waals surface area contributed by atoms with Crippen LogP contribution in [-0.2, 0) is 0 Å². The number of hydrogen-bond acceptors (Lipinski definition) is 4. The van der Waals surface area contributed by atoms with Crippen LogP contribution in [0.1, 0.15) is 17.5 Å². The molecule has 0 amide bonds. The van der Waals surface area contributed by atoms with Gasteiger partial charge in [-0.15, -0.1) is 10.2 Å². The molecule has 4 aromatic rings. The van der Waals surface area contributed by atoms with E-state index in [-0.39, 0.29) is 6.04 Å². The molecule has 3 aromatic carbocycles. The zero-order valence-corrected chi connectivity index (χ0v) is 14.6. The van der Waals surface area contributed by atoms with Crippen LogP contribution in [0, 0.1) is 0 Å². The molecule has 0 bridgehead atoms. The number of nitrogens with one attached hydrogen (secondary N) is 1. The molecule has 0 aliphatic rings. The van der Waals surface area contributed by atoms with Crippen molar-refractivity contribution in [3.05, 3.63) is 101 Å². The first-order valence-corrected chi connectivity index (χ1v) is 8.63. The molecule has 0 saturated carbocycles. The van der Waals surface area contributed by atoms with E-state index in [2.05, 4.69) is 15.5 Å². The first-order chi connectivity index (χ1) is 12.8. The van der Waals surface area contributed by atoms with E-state index in [1.807, 2.05) is 84.9 Å². The fourth-order valence-electron chi connectivity index (χ4n) is 2.73. The fraction of sp³-hybridized carbons (Fsp3) is 0.0476. The SMILES string of the molecule is Clc1cccc(N[C@H](c2ccccc2)c2nnc(-c3ccccc3)o2)c1. The van der Waals surface area contributed by atoms with Crippen LogP contribution in [0.4, 0.5) is 5.69 Å². The molecule has 1 heterocycles. The molecular formula is C21H16ClN3O. The Morgan fingerprint density at radius 2 is 1.54 bits per heavy atom. The van der Waals surface area contributed by atoms with E-state index in [1.54, 1.807) is 0 Å². The van der Waals surface area contributed by atoms with Crippen LogP contribution in [0.5, 0.6) is 0 Å². The van der Waals surface area contributed by atoms with Gasteiger partial charge in [0.25, 0.3) is 0 Å². The van der Waals surface area contributed by atoms with Crippen LogP contribution in [-0.4, -0.2) is 10.2 Å². The van der Waals surface area contributed by atoms with Crippen LogP contribution in [0.3, 0.4) is 0 Å². The van der Waals surface area contributed by atoms with Crippen LogP contribution in [0.15, 0.2) is 89.3 Å². The third kappa shape index (κ3) is 3.60. The second-order valence-corrected chi connectivity index (χ2v) is 6.25. The van der Waals surface area contributed by atoms with E-state index in [9.17, 15) is 0 Å². The number of rotatable bonds is 5. The summed E-state index contributed by atoms with van der Waals surface area (Å²) in [5, 5.41) is 12.6. The van der Waals surface area contributed by atoms with E-state index in [0.717, 1.165) is 16.8 Å². The Labute approximate surface area is 156 Å². The molecule has 4 nitrogen and oxygen atoms in total. The van der Waals surface area contributed by atoms with Crippen LogP contribution >= 0.6 is 11.6 Å². The minimum Gasteiger partial charge on any atom is -0.418 e. The second-order valence-electron chi connectivity index (χ2n) is 5.81. The standard InChI is InChI=1S/C21H16ClN3O/c22-17-12-7-13-18(14-17)23-19(15-8-3-1-4-9-15)21-25-24-20(26-21)16-10-5-2-6-11-16/h1-14,19,23H/t19-/m1/s1. The molecule has 0 saturated heterocycles. The predicted octanol–water partition coefficient (Wildman–Crippen LogP) is 5.59. The maximum atomic E-state index is 6.11. The second kappa shape index (κ2) is 7.42. The van der Waals surface area contributed by atoms with E-state index in [4.69, 9.17) is 16.0 Å². The van der Waals surface area contributed by atoms with Gasteiger partial charge in [-0.05, 0) is 35.9 Å². The monoisotopic (exact) mass is 361 g/mol. The lowest BCUT2D eigenvalue weighted by Gasteiger charge is -2.17. The van der Waals surface area contributed by atoms with Gasteiger partial charge in [-0.3, -0.25) is 0 Å². The zero-order chi connectivity index (χ0) is 17.8. The maximum Gasteiger partial charge on any atom is 0.247 e. The summed E-state index contributed by atoms with van der Waals surface area (Å²) >= 11 is 6.11. The molecule has 0 aliphatic carbocycles. The quantitative estimate of drug-likeness (QED) is 0.503. The minimum absolute atomic E-state index is 0.278. The summed E-state index contributed by atoms with van der Waals surface area (Å²) in [7, 11) is 0. The average Bonchev–Trinajstić information content (AvgIpc) is 3.17. The third-order valence-corrected chi connectivity index (χ3v) is 4.21. The summed E-state index contributed by atoms with van der Waals surface area (Å²) in [5.74, 6) is 0.990. The molecule has 0 aliphatic heterocycles. The summed E-state index contributed by atoms with van der Waals surface area (Å²) in [6, 6.07) is 27.0. The molecule has 4 rings (SSSR count). The summed E-state index contributed by atoms with van der Waals surface area (Å²) < 4.78 is 5.97. The zero-order valence-electron chi connectivity index (χ0n) is 13.8. The normalized spacial score (nSPS) is 11.9. The molecule has 0 spiro atoms. The Hall–Kier alpha value is -3.11. The fourth-order valence-corrected chi connectivity index (χ4v) is 2.92. The summed E-state index contributed by atoms with van der Waals surface area (Å²) in [4.78, 5) is 0. The summed E-state index contributed by atoms with van der Waals surface area (Å²) in [6.45, 7) is 0. The van der Waals surface area contributed by atoms with Gasteiger partial charge in [-0.2, -0.15) is 0 Å². The molecule has 1 N–H and O–H groups in total. The molecule has 26 heavy (non-hydrogen) atoms. The van der Waals surface area contributed by atoms with Crippen molar-refractivity contribution < 1.29 is 4.42 Å². The number of anilines is 1. The van der Waals surface area contributed by atoms with Gasteiger partial charge in [0.05, 0.1) is 0 Å². The molecule has 1 atom stereocenters. The molecule has 0 radical (unpaired) electrons. The van der Waals surface area contributed by atoms with Gasteiger partial charge in [0, 0.05) is 16.3 Å². The van der Waals surface area contributed by atoms with Crippen molar-refractivity contribution in [1.29, 1.82) is 0 Å². The Morgan fingerprint density at radius 1 is 0.808 bits per heavy atom. The Kier molecular flexibility index (Phi) is 4.67. The van der Waals surface area contributed by atoms with Crippen molar-refractivity contribution in [2.24, 2.45) is 0 Å². The number of hydrogen-bond donors (Lipinski definition) is 1. The van der Waals surface area contributed by atoms with Gasteiger partial charge in [-0.25, -0.2) is 0 Å². The lowest BCUT2D eigenvalue weighted by Crippen LogP contribution is -2.12. The van der Waals surface area contributed by atoms with Crippen LogP contribution in [0.2, 0.25) is 5.02 Å². The lowest BCUT2D eigenvalue weighted by molar-refractivity contribution is 0.494. The highest BCUT2D eigenvalue weighted by Gasteiger charge is 2.21. The highest BCUT2D eigenvalue weighted by atomic mass is 35.5. The average molecular weight is 362 g/mol. The Balaban J connectivity index is 1.70. The highest BCUT2D eigenvalue weighted by Crippen LogP contribution is 2.29. The number of halogens is 1. The van der Waals surface area contributed by atoms with Gasteiger partial charge >= 0.3 is 0 Å². The highest BCUT2D eigenvalue weighted by molar-refractivity contribution is 6.30. The van der Waals surface area contributed by atoms with E-state index < -0.39 is 0 Å². The molecule has 128 valence electrons. The van der Waals surface area contributed by atoms with Crippen molar-refractivity contribution >= 4 is 17.3 Å². The van der Waals surface area contributed by atoms with Crippen molar-refractivity contribution in [2.45, 2.75) is 6.04 Å². The first-order valence-electron chi connectivity index (χ1n) is 8.25. The van der Waals surface area contributed by atoms with Crippen molar-refractivity contribution in [3.63, 3.8) is 0 Å². The smallest absolute Gasteiger partial charge is 0.247 e. The van der Waals surface area contributed by atoms with Crippen molar-refractivity contribution in [3.8, 4) is 11.5 Å². The number of aromatic nitrogens is 2. The first kappa shape index (κ1) is 16.4. The largest absolute Gasteiger partial charge is 0.418 e. The summed E-state index contributed by atoms with van der Waals surface area (Å²) in [5.41, 5.74) is 2.79. The lowest BCUT2D eigenvalue weighted by atomic mass is 10.1. The molecular weight excluding hydrogens is 346 g/mol. The predicted molar refractivity (Wildman–Crippen MR) is 103 cm³/mol. The van der Waals surface area contributed by atoms with Gasteiger partial charge in [0.2, 0.25) is 11.8 Å². The molecule has 0 unspecified atom stereocenters. The molecule has 1 aromatic heterocycles.